The molecule has 2 rings (SSSR count). The number of fused-ring (bicyclic) bond motifs is 1. The van der Waals surface area contributed by atoms with Crippen molar-refractivity contribution < 1.29 is 14.3 Å². The first-order chi connectivity index (χ1) is 7.99. The number of hydrogen-bond donors (Lipinski definition) is 0. The third kappa shape index (κ3) is 2.41. The molecule has 4 heteroatoms. The van der Waals surface area contributed by atoms with Crippen molar-refractivity contribution in [1.82, 2.24) is 0 Å². The molecule has 0 aliphatic heterocycles. The number of ether oxygens (including phenoxy) is 1. The Balaban J connectivity index is 2.23. The Morgan fingerprint density at radius 3 is 2.82 bits per heavy atom. The Kier molecular flexibility index (Phi) is 3.33. The van der Waals surface area contributed by atoms with Gasteiger partial charge in [0.1, 0.15) is 5.92 Å². The van der Waals surface area contributed by atoms with Gasteiger partial charge in [-0.25, -0.2) is 0 Å². The first kappa shape index (κ1) is 12.3. The van der Waals surface area contributed by atoms with Crippen LogP contribution in [0.5, 0.6) is 0 Å². The van der Waals surface area contributed by atoms with E-state index >= 15 is 0 Å². The molecule has 0 fully saturated rings. The van der Waals surface area contributed by atoms with E-state index in [9.17, 15) is 9.59 Å². The second-order valence-electron chi connectivity index (χ2n) is 4.41. The maximum atomic E-state index is 12.1. The Bertz CT molecular complexity index is 480. The normalized spacial score (nSPS) is 18.4. The van der Waals surface area contributed by atoms with Crippen molar-refractivity contribution >= 4 is 27.7 Å². The molecule has 1 aliphatic rings. The molecule has 0 N–H and O–H groups in total. The summed E-state index contributed by atoms with van der Waals surface area (Å²) in [4.78, 5) is 23.8. The lowest BCUT2D eigenvalue weighted by Gasteiger charge is -2.11. The number of hydrogen-bond acceptors (Lipinski definition) is 3. The molecule has 90 valence electrons. The Morgan fingerprint density at radius 1 is 1.47 bits per heavy atom. The second kappa shape index (κ2) is 4.61. The van der Waals surface area contributed by atoms with Crippen LogP contribution in [-0.4, -0.2) is 17.9 Å². The van der Waals surface area contributed by atoms with Crippen LogP contribution in [0.3, 0.4) is 0 Å². The summed E-state index contributed by atoms with van der Waals surface area (Å²) in [6.07, 6.45) is 0.262. The van der Waals surface area contributed by atoms with Gasteiger partial charge in [-0.15, -0.1) is 0 Å². The summed E-state index contributed by atoms with van der Waals surface area (Å²) in [5.41, 5.74) is 1.55. The molecule has 0 saturated heterocycles. The topological polar surface area (TPSA) is 43.4 Å². The van der Waals surface area contributed by atoms with Crippen molar-refractivity contribution in [2.45, 2.75) is 26.4 Å². The predicted molar refractivity (Wildman–Crippen MR) is 66.9 cm³/mol. The highest BCUT2D eigenvalue weighted by Gasteiger charge is 2.37. The van der Waals surface area contributed by atoms with Crippen LogP contribution in [0.2, 0.25) is 0 Å². The van der Waals surface area contributed by atoms with Gasteiger partial charge < -0.3 is 4.74 Å². The average Bonchev–Trinajstić information content (AvgIpc) is 2.55. The van der Waals surface area contributed by atoms with Gasteiger partial charge in [-0.05, 0) is 38.0 Å². The number of halogens is 1. The highest BCUT2D eigenvalue weighted by Crippen LogP contribution is 2.30. The van der Waals surface area contributed by atoms with Crippen LogP contribution in [0.4, 0.5) is 0 Å². The van der Waals surface area contributed by atoms with Gasteiger partial charge in [0.25, 0.3) is 0 Å². The first-order valence-corrected chi connectivity index (χ1v) is 6.31. The van der Waals surface area contributed by atoms with Crippen LogP contribution in [0, 0.1) is 5.92 Å². The molecule has 3 nitrogen and oxygen atoms in total. The number of ketones is 1. The largest absolute Gasteiger partial charge is 0.462 e. The van der Waals surface area contributed by atoms with E-state index in [1.807, 2.05) is 12.1 Å². The van der Waals surface area contributed by atoms with Crippen molar-refractivity contribution in [3.63, 3.8) is 0 Å². The maximum Gasteiger partial charge on any atom is 0.317 e. The van der Waals surface area contributed by atoms with Crippen molar-refractivity contribution in [1.29, 1.82) is 0 Å². The molecule has 1 unspecified atom stereocenters. The maximum absolute atomic E-state index is 12.1. The summed E-state index contributed by atoms with van der Waals surface area (Å²) >= 11 is 3.32. The van der Waals surface area contributed by atoms with Gasteiger partial charge in [-0.3, -0.25) is 9.59 Å². The molecule has 0 saturated carbocycles. The van der Waals surface area contributed by atoms with Crippen molar-refractivity contribution in [2.75, 3.05) is 0 Å². The van der Waals surface area contributed by atoms with Crippen molar-refractivity contribution in [3.05, 3.63) is 33.8 Å². The molecule has 0 aromatic heterocycles. The van der Waals surface area contributed by atoms with Crippen molar-refractivity contribution in [3.8, 4) is 0 Å². The lowest BCUT2D eigenvalue weighted by atomic mass is 10.1. The van der Waals surface area contributed by atoms with Gasteiger partial charge in [0.05, 0.1) is 6.10 Å². The van der Waals surface area contributed by atoms with Gasteiger partial charge in [-0.2, -0.15) is 0 Å². The predicted octanol–water partition coefficient (Wildman–Crippen LogP) is 2.76. The number of carbonyl (C=O) groups excluding carboxylic acids is 2. The molecular weight excluding hydrogens is 284 g/mol. The zero-order valence-electron chi connectivity index (χ0n) is 9.70. The van der Waals surface area contributed by atoms with Gasteiger partial charge in [-0.1, -0.05) is 22.0 Å². The first-order valence-electron chi connectivity index (χ1n) is 5.52. The fraction of sp³-hybridized carbons (Fsp3) is 0.385. The molecule has 0 bridgehead atoms. The van der Waals surface area contributed by atoms with Crippen LogP contribution in [0.15, 0.2) is 22.7 Å². The zero-order valence-corrected chi connectivity index (χ0v) is 11.3. The Morgan fingerprint density at radius 2 is 2.18 bits per heavy atom. The van der Waals surface area contributed by atoms with E-state index in [2.05, 4.69) is 15.9 Å². The molecule has 0 radical (unpaired) electrons. The highest BCUT2D eigenvalue weighted by molar-refractivity contribution is 9.10. The minimum atomic E-state index is -0.665. The fourth-order valence-corrected chi connectivity index (χ4v) is 2.32. The van der Waals surface area contributed by atoms with E-state index in [0.717, 1.165) is 10.0 Å². The van der Waals surface area contributed by atoms with E-state index in [4.69, 9.17) is 4.74 Å². The fourth-order valence-electron chi connectivity index (χ4n) is 1.96. The Labute approximate surface area is 108 Å². The number of Topliss-reactive ketones (excluding diaryl/α,β-unsaturated/α-hetero) is 1. The summed E-state index contributed by atoms with van der Waals surface area (Å²) in [5, 5.41) is 0. The summed E-state index contributed by atoms with van der Waals surface area (Å²) in [6, 6.07) is 5.52. The van der Waals surface area contributed by atoms with E-state index in [0.29, 0.717) is 12.0 Å². The summed E-state index contributed by atoms with van der Waals surface area (Å²) < 4.78 is 5.94. The number of carbonyl (C=O) groups is 2. The standard InChI is InChI=1S/C13H13BrO3/c1-7(2)17-13(16)11-5-8-3-4-9(14)6-10(8)12(11)15/h3-4,6-7,11H,5H2,1-2H3. The molecule has 1 atom stereocenters. The molecule has 1 aromatic rings. The zero-order chi connectivity index (χ0) is 12.6. The molecule has 0 amide bonds. The van der Waals surface area contributed by atoms with E-state index in [-0.39, 0.29) is 11.9 Å². The minimum Gasteiger partial charge on any atom is -0.462 e. The average molecular weight is 297 g/mol. The third-order valence-electron chi connectivity index (χ3n) is 2.71. The molecule has 17 heavy (non-hydrogen) atoms. The van der Waals surface area contributed by atoms with Gasteiger partial charge in [0.2, 0.25) is 0 Å². The third-order valence-corrected chi connectivity index (χ3v) is 3.21. The Hall–Kier alpha value is -1.16. The summed E-state index contributed by atoms with van der Waals surface area (Å²) in [7, 11) is 0. The van der Waals surface area contributed by atoms with Crippen LogP contribution in [0.1, 0.15) is 29.8 Å². The van der Waals surface area contributed by atoms with Crippen LogP contribution in [-0.2, 0) is 16.0 Å². The van der Waals surface area contributed by atoms with Crippen molar-refractivity contribution in [2.24, 2.45) is 5.92 Å². The lowest BCUT2D eigenvalue weighted by Crippen LogP contribution is -2.25. The molecule has 0 heterocycles. The number of benzene rings is 1. The summed E-state index contributed by atoms with van der Waals surface area (Å²) in [5.74, 6) is -1.22. The molecule has 1 aliphatic carbocycles. The van der Waals surface area contributed by atoms with Crippen LogP contribution >= 0.6 is 15.9 Å². The highest BCUT2D eigenvalue weighted by atomic mass is 79.9. The minimum absolute atomic E-state index is 0.132. The van der Waals surface area contributed by atoms with Crippen LogP contribution < -0.4 is 0 Å². The number of esters is 1. The van der Waals surface area contributed by atoms with Gasteiger partial charge in [0.15, 0.2) is 5.78 Å². The molecular formula is C13H13BrO3. The molecule has 0 spiro atoms. The van der Waals surface area contributed by atoms with E-state index < -0.39 is 11.9 Å². The summed E-state index contributed by atoms with van der Waals surface area (Å²) in [6.45, 7) is 3.56. The van der Waals surface area contributed by atoms with E-state index in [1.165, 1.54) is 0 Å². The monoisotopic (exact) mass is 296 g/mol. The number of rotatable bonds is 2. The SMILES string of the molecule is CC(C)OC(=O)C1Cc2ccc(Br)cc2C1=O. The van der Waals surface area contributed by atoms with Crippen LogP contribution in [0.25, 0.3) is 0 Å². The lowest BCUT2D eigenvalue weighted by molar-refractivity contribution is -0.150. The van der Waals surface area contributed by atoms with E-state index in [1.54, 1.807) is 19.9 Å². The van der Waals surface area contributed by atoms with Gasteiger partial charge in [0, 0.05) is 10.0 Å². The second-order valence-corrected chi connectivity index (χ2v) is 5.32. The quantitative estimate of drug-likeness (QED) is 0.623. The smallest absolute Gasteiger partial charge is 0.317 e. The molecule has 1 aromatic carbocycles. The van der Waals surface area contributed by atoms with Gasteiger partial charge >= 0.3 is 5.97 Å².